The third-order valence-electron chi connectivity index (χ3n) is 5.16. The molecule has 1 aliphatic heterocycles. The summed E-state index contributed by atoms with van der Waals surface area (Å²) in [5.41, 5.74) is 0. The lowest BCUT2D eigenvalue weighted by molar-refractivity contribution is -0.137. The largest absolute Gasteiger partial charge is 0.391 e. The highest BCUT2D eigenvalue weighted by atomic mass is 16.3. The molecule has 0 spiro atoms. The molecule has 0 bridgehead atoms. The van der Waals surface area contributed by atoms with Crippen molar-refractivity contribution < 1.29 is 9.90 Å². The van der Waals surface area contributed by atoms with Crippen molar-refractivity contribution in [1.29, 1.82) is 0 Å². The number of rotatable bonds is 3. The lowest BCUT2D eigenvalue weighted by Gasteiger charge is -2.42. The second-order valence-electron chi connectivity index (χ2n) is 6.77. The van der Waals surface area contributed by atoms with Crippen molar-refractivity contribution in [3.63, 3.8) is 0 Å². The third-order valence-corrected chi connectivity index (χ3v) is 5.16. The monoisotopic (exact) mass is 282 g/mol. The molecule has 20 heavy (non-hydrogen) atoms. The second kappa shape index (κ2) is 6.90. The van der Waals surface area contributed by atoms with Crippen LogP contribution in [0, 0.1) is 5.92 Å². The zero-order chi connectivity index (χ0) is 14.7. The van der Waals surface area contributed by atoms with Gasteiger partial charge >= 0.3 is 0 Å². The van der Waals surface area contributed by atoms with E-state index >= 15 is 0 Å². The summed E-state index contributed by atoms with van der Waals surface area (Å²) in [4.78, 5) is 16.6. The molecule has 0 aromatic carbocycles. The van der Waals surface area contributed by atoms with Crippen LogP contribution in [0.25, 0.3) is 0 Å². The zero-order valence-corrected chi connectivity index (χ0v) is 13.2. The molecule has 1 heterocycles. The van der Waals surface area contributed by atoms with Crippen molar-refractivity contribution in [2.75, 3.05) is 20.1 Å². The van der Waals surface area contributed by atoms with Crippen molar-refractivity contribution in [3.8, 4) is 0 Å². The van der Waals surface area contributed by atoms with Gasteiger partial charge in [0.05, 0.1) is 6.10 Å². The van der Waals surface area contributed by atoms with E-state index < -0.39 is 0 Å². The van der Waals surface area contributed by atoms with Gasteiger partial charge in [-0.3, -0.25) is 9.69 Å². The van der Waals surface area contributed by atoms with Crippen molar-refractivity contribution in [3.05, 3.63) is 0 Å². The molecule has 0 aromatic heterocycles. The van der Waals surface area contributed by atoms with Crippen LogP contribution < -0.4 is 0 Å². The first kappa shape index (κ1) is 15.8. The van der Waals surface area contributed by atoms with Crippen LogP contribution in [0.2, 0.25) is 0 Å². The molecule has 0 radical (unpaired) electrons. The second-order valence-corrected chi connectivity index (χ2v) is 6.77. The third kappa shape index (κ3) is 3.53. The fourth-order valence-corrected chi connectivity index (χ4v) is 3.54. The van der Waals surface area contributed by atoms with E-state index in [9.17, 15) is 9.90 Å². The molecule has 1 N–H and O–H groups in total. The van der Waals surface area contributed by atoms with Gasteiger partial charge in [-0.05, 0) is 52.6 Å². The van der Waals surface area contributed by atoms with Gasteiger partial charge in [0.15, 0.2) is 0 Å². The minimum Gasteiger partial charge on any atom is -0.391 e. The Hall–Kier alpha value is -0.610. The summed E-state index contributed by atoms with van der Waals surface area (Å²) in [6.45, 7) is 6.05. The van der Waals surface area contributed by atoms with E-state index in [1.54, 1.807) is 0 Å². The highest BCUT2D eigenvalue weighted by molar-refractivity contribution is 5.78. The molecule has 1 amide bonds. The van der Waals surface area contributed by atoms with E-state index in [2.05, 4.69) is 18.7 Å². The Morgan fingerprint density at radius 3 is 2.30 bits per heavy atom. The molecule has 4 nitrogen and oxygen atoms in total. The maximum atomic E-state index is 12.3. The number of likely N-dealkylation sites (tertiary alicyclic amines) is 1. The maximum absolute atomic E-state index is 12.3. The lowest BCUT2D eigenvalue weighted by Crippen LogP contribution is -2.50. The fraction of sp³-hybridized carbons (Fsp3) is 0.938. The van der Waals surface area contributed by atoms with Gasteiger partial charge in [-0.25, -0.2) is 0 Å². The van der Waals surface area contributed by atoms with Crippen LogP contribution in [0.1, 0.15) is 52.4 Å². The highest BCUT2D eigenvalue weighted by Crippen LogP contribution is 2.28. The number of piperidine rings is 1. The highest BCUT2D eigenvalue weighted by Gasteiger charge is 2.34. The molecule has 2 rings (SSSR count). The van der Waals surface area contributed by atoms with Crippen LogP contribution in [0.3, 0.4) is 0 Å². The number of hydrogen-bond donors (Lipinski definition) is 1. The topological polar surface area (TPSA) is 43.8 Å². The van der Waals surface area contributed by atoms with Crippen LogP contribution in [0.4, 0.5) is 0 Å². The maximum Gasteiger partial charge on any atom is 0.225 e. The van der Waals surface area contributed by atoms with Crippen molar-refractivity contribution in [2.45, 2.75) is 70.6 Å². The van der Waals surface area contributed by atoms with E-state index in [1.807, 2.05) is 11.9 Å². The van der Waals surface area contributed by atoms with E-state index in [-0.39, 0.29) is 18.1 Å². The molecule has 1 saturated heterocycles. The first-order valence-electron chi connectivity index (χ1n) is 8.19. The van der Waals surface area contributed by atoms with Crippen molar-refractivity contribution in [2.24, 2.45) is 5.92 Å². The number of nitrogens with zero attached hydrogens (tertiary/aromatic N) is 2. The summed E-state index contributed by atoms with van der Waals surface area (Å²) in [6, 6.07) is 0.614. The van der Waals surface area contributed by atoms with Gasteiger partial charge in [0.1, 0.15) is 0 Å². The van der Waals surface area contributed by atoms with Gasteiger partial charge in [-0.15, -0.1) is 0 Å². The number of carbonyl (C=O) groups is 1. The molecule has 1 aliphatic carbocycles. The Morgan fingerprint density at radius 1 is 1.15 bits per heavy atom. The van der Waals surface area contributed by atoms with Crippen LogP contribution in [-0.4, -0.2) is 59.1 Å². The molecule has 0 aromatic rings. The lowest BCUT2D eigenvalue weighted by atomic mass is 9.88. The minimum absolute atomic E-state index is 0.158. The summed E-state index contributed by atoms with van der Waals surface area (Å²) < 4.78 is 0. The molecular formula is C16H30N2O2. The summed E-state index contributed by atoms with van der Waals surface area (Å²) in [6.07, 6.45) is 6.18. The molecule has 2 unspecified atom stereocenters. The predicted molar refractivity (Wildman–Crippen MR) is 80.5 cm³/mol. The first-order valence-corrected chi connectivity index (χ1v) is 8.19. The predicted octanol–water partition coefficient (Wildman–Crippen LogP) is 1.87. The van der Waals surface area contributed by atoms with Crippen LogP contribution in [0.5, 0.6) is 0 Å². The van der Waals surface area contributed by atoms with Gasteiger partial charge in [0.25, 0.3) is 0 Å². The number of aliphatic hydroxyl groups is 1. The summed E-state index contributed by atoms with van der Waals surface area (Å²) in [5.74, 6) is 0.475. The normalized spacial score (nSPS) is 29.6. The van der Waals surface area contributed by atoms with Gasteiger partial charge in [0.2, 0.25) is 5.91 Å². The Kier molecular flexibility index (Phi) is 5.44. The quantitative estimate of drug-likeness (QED) is 0.859. The Bertz CT molecular complexity index is 324. The Morgan fingerprint density at radius 2 is 1.75 bits per heavy atom. The molecular weight excluding hydrogens is 252 g/mol. The number of amides is 1. The smallest absolute Gasteiger partial charge is 0.225 e. The van der Waals surface area contributed by atoms with Crippen molar-refractivity contribution >= 4 is 5.91 Å². The van der Waals surface area contributed by atoms with Gasteiger partial charge in [0, 0.05) is 25.0 Å². The van der Waals surface area contributed by atoms with Crippen LogP contribution >= 0.6 is 0 Å². The van der Waals surface area contributed by atoms with E-state index in [0.29, 0.717) is 11.9 Å². The minimum atomic E-state index is -0.158. The average molecular weight is 282 g/mol. The van der Waals surface area contributed by atoms with Gasteiger partial charge in [-0.2, -0.15) is 0 Å². The Balaban J connectivity index is 1.84. The zero-order valence-electron chi connectivity index (χ0n) is 13.2. The Labute approximate surface area is 123 Å². The summed E-state index contributed by atoms with van der Waals surface area (Å²) >= 11 is 0. The summed E-state index contributed by atoms with van der Waals surface area (Å²) in [5, 5.41) is 10.1. The molecule has 2 aliphatic rings. The van der Waals surface area contributed by atoms with Crippen LogP contribution in [0.15, 0.2) is 0 Å². The first-order chi connectivity index (χ1) is 9.50. The molecule has 116 valence electrons. The molecule has 4 heteroatoms. The number of aliphatic hydroxyl groups excluding tert-OH is 1. The molecule has 2 atom stereocenters. The average Bonchev–Trinajstić information content (AvgIpc) is 2.46. The number of hydrogen-bond acceptors (Lipinski definition) is 3. The van der Waals surface area contributed by atoms with E-state index in [0.717, 1.165) is 45.2 Å². The SMILES string of the molecule is CC(C)N(C)C(=O)C1CCN(C2CCCCC2O)CC1. The number of carbonyl (C=O) groups excluding carboxylic acids is 1. The van der Waals surface area contributed by atoms with E-state index in [4.69, 9.17) is 0 Å². The summed E-state index contributed by atoms with van der Waals surface area (Å²) in [7, 11) is 1.91. The molecule has 1 saturated carbocycles. The van der Waals surface area contributed by atoms with Crippen LogP contribution in [-0.2, 0) is 4.79 Å². The van der Waals surface area contributed by atoms with Crippen molar-refractivity contribution in [1.82, 2.24) is 9.80 Å². The van der Waals surface area contributed by atoms with Gasteiger partial charge in [-0.1, -0.05) is 12.8 Å². The van der Waals surface area contributed by atoms with Gasteiger partial charge < -0.3 is 10.0 Å². The van der Waals surface area contributed by atoms with E-state index in [1.165, 1.54) is 6.42 Å². The molecule has 2 fully saturated rings. The standard InChI is InChI=1S/C16H30N2O2/c1-12(2)17(3)16(20)13-8-10-18(11-9-13)14-6-4-5-7-15(14)19/h12-15,19H,4-11H2,1-3H3. The fourth-order valence-electron chi connectivity index (χ4n) is 3.54.